The van der Waals surface area contributed by atoms with Crippen LogP contribution < -0.4 is 10.9 Å². The van der Waals surface area contributed by atoms with E-state index in [4.69, 9.17) is 0 Å². The lowest BCUT2D eigenvalue weighted by atomic mass is 10.9. The molecule has 0 aliphatic heterocycles. The zero-order valence-electron chi connectivity index (χ0n) is 6.18. The first-order valence-electron chi connectivity index (χ1n) is 2.84. The Hall–Kier alpha value is -0.0500. The van der Waals surface area contributed by atoms with Gasteiger partial charge in [0.05, 0.1) is 0 Å². The molecular formula is C4H8N4S4. The van der Waals surface area contributed by atoms with Gasteiger partial charge in [-0.05, 0) is 6.92 Å². The predicted molar refractivity (Wildman–Crippen MR) is 65.4 cm³/mol. The van der Waals surface area contributed by atoms with Gasteiger partial charge >= 0.3 is 0 Å². The molecule has 0 amide bonds. The molecule has 0 aliphatic rings. The van der Waals surface area contributed by atoms with Gasteiger partial charge in [-0.2, -0.15) is 0 Å². The van der Waals surface area contributed by atoms with Crippen LogP contribution in [0.4, 0.5) is 0 Å². The molecule has 0 rings (SSSR count). The van der Waals surface area contributed by atoms with Crippen LogP contribution in [0.2, 0.25) is 0 Å². The summed E-state index contributed by atoms with van der Waals surface area (Å²) in [5.74, 6) is 0. The fraction of sp³-hybridized carbons (Fsp3) is 0.250. The number of hydrogen-bond donors (Lipinski definition) is 4. The largest absolute Gasteiger partial charge is 0.247 e. The Morgan fingerprint density at radius 2 is 1.75 bits per heavy atom. The molecule has 0 aromatic carbocycles. The highest BCUT2D eigenvalue weighted by atomic mass is 32.1. The molecule has 0 saturated carbocycles. The van der Waals surface area contributed by atoms with Crippen molar-refractivity contribution in [3.8, 4) is 0 Å². The second kappa shape index (κ2) is 6.46. The monoisotopic (exact) mass is 240 g/mol. The molecule has 0 aromatic rings. The van der Waals surface area contributed by atoms with Crippen molar-refractivity contribution in [2.24, 2.45) is 5.10 Å². The summed E-state index contributed by atoms with van der Waals surface area (Å²) in [7, 11) is 0. The van der Waals surface area contributed by atoms with Gasteiger partial charge in [0.1, 0.15) is 0 Å². The Morgan fingerprint density at radius 3 is 2.00 bits per heavy atom. The lowest BCUT2D eigenvalue weighted by molar-refractivity contribution is 0.215. The molecule has 0 saturated heterocycles. The van der Waals surface area contributed by atoms with E-state index in [0.717, 1.165) is 0 Å². The Bertz CT molecular complexity index is 187. The van der Waals surface area contributed by atoms with Crippen LogP contribution in [-0.4, -0.2) is 20.1 Å². The first-order valence-corrected chi connectivity index (χ1v) is 4.55. The van der Waals surface area contributed by atoms with Crippen molar-refractivity contribution in [3.63, 3.8) is 0 Å². The van der Waals surface area contributed by atoms with Gasteiger partial charge in [-0.3, -0.25) is 0 Å². The number of hydrazine groups is 2. The van der Waals surface area contributed by atoms with E-state index in [1.54, 1.807) is 13.1 Å². The Morgan fingerprint density at radius 1 is 1.33 bits per heavy atom. The van der Waals surface area contributed by atoms with E-state index < -0.39 is 0 Å². The molecule has 12 heavy (non-hydrogen) atoms. The molecule has 0 bridgehead atoms. The second-order valence-electron chi connectivity index (χ2n) is 1.52. The summed E-state index contributed by atoms with van der Waals surface area (Å²) in [5.41, 5.74) is 5.19. The van der Waals surface area contributed by atoms with Crippen molar-refractivity contribution in [1.29, 1.82) is 0 Å². The number of hydrazone groups is 1. The second-order valence-corrected chi connectivity index (χ2v) is 3.84. The van der Waals surface area contributed by atoms with E-state index in [0.29, 0.717) is 0 Å². The summed E-state index contributed by atoms with van der Waals surface area (Å²) in [6.45, 7) is 1.75. The van der Waals surface area contributed by atoms with E-state index in [1.165, 1.54) is 5.23 Å². The van der Waals surface area contributed by atoms with E-state index in [2.05, 4.69) is 65.6 Å². The normalized spacial score (nSPS) is 9.58. The molecule has 0 spiro atoms. The van der Waals surface area contributed by atoms with Crippen molar-refractivity contribution >= 4 is 64.5 Å². The molecule has 0 unspecified atom stereocenters. The zero-order valence-corrected chi connectivity index (χ0v) is 9.60. The number of thiol groups is 2. The summed E-state index contributed by atoms with van der Waals surface area (Å²) in [4.78, 5) is 0. The summed E-state index contributed by atoms with van der Waals surface area (Å²) < 4.78 is 0.551. The van der Waals surface area contributed by atoms with Gasteiger partial charge < -0.3 is 0 Å². The maximum absolute atomic E-state index is 4.67. The molecule has 8 heteroatoms. The maximum atomic E-state index is 4.67. The first-order chi connectivity index (χ1) is 5.56. The number of thiocarbonyl (C=S) groups is 2. The molecule has 0 fully saturated rings. The van der Waals surface area contributed by atoms with Crippen LogP contribution in [0.15, 0.2) is 5.10 Å². The van der Waals surface area contributed by atoms with E-state index in [9.17, 15) is 0 Å². The molecule has 0 aromatic heterocycles. The van der Waals surface area contributed by atoms with Crippen molar-refractivity contribution in [2.45, 2.75) is 6.92 Å². The molecule has 0 aliphatic carbocycles. The summed E-state index contributed by atoms with van der Waals surface area (Å²) >= 11 is 17.0. The van der Waals surface area contributed by atoms with Crippen LogP contribution in [0.5, 0.6) is 0 Å². The van der Waals surface area contributed by atoms with Crippen molar-refractivity contribution in [2.75, 3.05) is 0 Å². The SMILES string of the molecule is CC=NN(NC(=S)S)NC(=S)S. The zero-order chi connectivity index (χ0) is 9.56. The average Bonchev–Trinajstić information content (AvgIpc) is 1.84. The fourth-order valence-corrected chi connectivity index (χ4v) is 0.745. The third-order valence-corrected chi connectivity index (χ3v) is 1.02. The van der Waals surface area contributed by atoms with Crippen LogP contribution in [0.3, 0.4) is 0 Å². The van der Waals surface area contributed by atoms with Crippen LogP contribution in [0.1, 0.15) is 6.92 Å². The Balaban J connectivity index is 4.03. The quantitative estimate of drug-likeness (QED) is 0.253. The predicted octanol–water partition coefficient (Wildman–Crippen LogP) is 0.733. The van der Waals surface area contributed by atoms with E-state index >= 15 is 0 Å². The third-order valence-electron chi connectivity index (χ3n) is 0.634. The van der Waals surface area contributed by atoms with Gasteiger partial charge in [-0.25, -0.2) is 10.9 Å². The fourth-order valence-electron chi connectivity index (χ4n) is 0.382. The number of nitrogens with zero attached hydrogens (tertiary/aromatic N) is 2. The van der Waals surface area contributed by atoms with Crippen LogP contribution in [0, 0.1) is 0 Å². The minimum absolute atomic E-state index is 0.276. The number of rotatable bonds is 3. The minimum Gasteiger partial charge on any atom is -0.247 e. The molecule has 0 heterocycles. The Kier molecular flexibility index (Phi) is 6.44. The highest BCUT2D eigenvalue weighted by Gasteiger charge is 1.98. The van der Waals surface area contributed by atoms with Crippen LogP contribution in [-0.2, 0) is 0 Å². The molecular weight excluding hydrogens is 232 g/mol. The first kappa shape index (κ1) is 11.9. The van der Waals surface area contributed by atoms with Crippen molar-refractivity contribution in [1.82, 2.24) is 16.1 Å². The van der Waals surface area contributed by atoms with Crippen LogP contribution in [0.25, 0.3) is 0 Å². The Labute approximate surface area is 92.5 Å². The van der Waals surface area contributed by atoms with E-state index in [1.807, 2.05) is 0 Å². The molecule has 68 valence electrons. The summed E-state index contributed by atoms with van der Waals surface area (Å²) in [6.07, 6.45) is 1.55. The van der Waals surface area contributed by atoms with Gasteiger partial charge in [-0.1, -0.05) is 24.4 Å². The maximum Gasteiger partial charge on any atom is 0.152 e. The molecule has 0 radical (unpaired) electrons. The smallest absolute Gasteiger partial charge is 0.152 e. The van der Waals surface area contributed by atoms with Crippen molar-refractivity contribution in [3.05, 3.63) is 0 Å². The topological polar surface area (TPSA) is 39.7 Å². The molecule has 0 atom stereocenters. The van der Waals surface area contributed by atoms with Gasteiger partial charge in [0, 0.05) is 6.21 Å². The standard InChI is InChI=1S/C4H8N4S4/c1-2-5-8(6-3(9)10)7-4(11)12/h2H,1H3,(H2,6,9,10)(H2,7,11,12). The third kappa shape index (κ3) is 6.65. The van der Waals surface area contributed by atoms with Gasteiger partial charge in [0.25, 0.3) is 0 Å². The highest BCUT2D eigenvalue weighted by Crippen LogP contribution is 1.85. The average molecular weight is 240 g/mol. The highest BCUT2D eigenvalue weighted by molar-refractivity contribution is 8.11. The molecule has 4 nitrogen and oxygen atoms in total. The molecule has 2 N–H and O–H groups in total. The van der Waals surface area contributed by atoms with Crippen molar-refractivity contribution < 1.29 is 0 Å². The summed E-state index contributed by atoms with van der Waals surface area (Å²) in [6, 6.07) is 0. The van der Waals surface area contributed by atoms with Gasteiger partial charge in [0.2, 0.25) is 0 Å². The van der Waals surface area contributed by atoms with Crippen LogP contribution >= 0.6 is 49.7 Å². The van der Waals surface area contributed by atoms with Gasteiger partial charge in [-0.15, -0.1) is 35.6 Å². The lowest BCUT2D eigenvalue weighted by Crippen LogP contribution is -2.46. The number of hydrogen-bond acceptors (Lipinski definition) is 4. The van der Waals surface area contributed by atoms with E-state index in [-0.39, 0.29) is 8.64 Å². The number of nitrogens with one attached hydrogen (secondary N) is 2. The minimum atomic E-state index is 0.276. The summed E-state index contributed by atoms with van der Waals surface area (Å²) in [5, 5.41) is 5.03. The lowest BCUT2D eigenvalue weighted by Gasteiger charge is -2.19. The van der Waals surface area contributed by atoms with Gasteiger partial charge in [0.15, 0.2) is 8.64 Å².